The van der Waals surface area contributed by atoms with Crippen molar-refractivity contribution in [1.82, 2.24) is 14.9 Å². The largest absolute Gasteiger partial charge is 0.278 e. The molecule has 150 valence electrons. The fourth-order valence-electron chi connectivity index (χ4n) is 3.44. The van der Waals surface area contributed by atoms with Crippen LogP contribution in [0.4, 0.5) is 0 Å². The highest BCUT2D eigenvalue weighted by Crippen LogP contribution is 2.38. The third kappa shape index (κ3) is 4.04. The second-order valence-electron chi connectivity index (χ2n) is 7.05. The monoisotopic (exact) mass is 445 g/mol. The summed E-state index contributed by atoms with van der Waals surface area (Å²) in [5.41, 5.74) is 1.63. The molecule has 8 heteroatoms. The standard InChI is InChI=1S/C21H20ClN3O2S2/c1-12-13(2)28-18-17(12)19(24-11-23-18)29-16-5-3-4-10-25(21(16)27)20(26)14-6-8-15(22)9-7-14/h6-9,11,16H,3-5,10H2,1-2H3/t16-/m1/s1. The van der Waals surface area contributed by atoms with Crippen LogP contribution in [0.25, 0.3) is 10.2 Å². The van der Waals surface area contributed by atoms with E-state index in [2.05, 4.69) is 23.8 Å². The number of thioether (sulfide) groups is 1. The van der Waals surface area contributed by atoms with Crippen molar-refractivity contribution in [2.45, 2.75) is 43.4 Å². The van der Waals surface area contributed by atoms with Crippen LogP contribution in [0.5, 0.6) is 0 Å². The fraction of sp³-hybridized carbons (Fsp3) is 0.333. The minimum absolute atomic E-state index is 0.149. The molecule has 1 atom stereocenters. The highest BCUT2D eigenvalue weighted by molar-refractivity contribution is 8.00. The van der Waals surface area contributed by atoms with Gasteiger partial charge in [0.05, 0.1) is 5.25 Å². The van der Waals surface area contributed by atoms with Crippen molar-refractivity contribution in [3.8, 4) is 0 Å². The molecule has 3 aromatic rings. The van der Waals surface area contributed by atoms with E-state index in [-0.39, 0.29) is 17.1 Å². The summed E-state index contributed by atoms with van der Waals surface area (Å²) in [5, 5.41) is 2.06. The number of thiophene rings is 1. The number of hydrogen-bond donors (Lipinski definition) is 0. The van der Waals surface area contributed by atoms with Crippen molar-refractivity contribution in [3.63, 3.8) is 0 Å². The van der Waals surface area contributed by atoms with Crippen molar-refractivity contribution in [3.05, 3.63) is 51.6 Å². The first-order chi connectivity index (χ1) is 14.0. The van der Waals surface area contributed by atoms with Crippen LogP contribution in [-0.2, 0) is 4.79 Å². The van der Waals surface area contributed by atoms with E-state index in [9.17, 15) is 9.59 Å². The lowest BCUT2D eigenvalue weighted by Gasteiger charge is -2.22. The topological polar surface area (TPSA) is 63.2 Å². The highest BCUT2D eigenvalue weighted by atomic mass is 35.5. The van der Waals surface area contributed by atoms with Crippen LogP contribution in [0.2, 0.25) is 5.02 Å². The Kier molecular flexibility index (Phi) is 5.90. The van der Waals surface area contributed by atoms with Gasteiger partial charge in [0.2, 0.25) is 5.91 Å². The van der Waals surface area contributed by atoms with E-state index in [1.54, 1.807) is 41.9 Å². The summed E-state index contributed by atoms with van der Waals surface area (Å²) in [4.78, 5) is 38.6. The third-order valence-corrected chi connectivity index (χ3v) is 7.78. The molecule has 1 saturated heterocycles. The predicted molar refractivity (Wildman–Crippen MR) is 118 cm³/mol. The number of nitrogens with zero attached hydrogens (tertiary/aromatic N) is 3. The summed E-state index contributed by atoms with van der Waals surface area (Å²) in [6.07, 6.45) is 3.97. The molecule has 0 saturated carbocycles. The molecular formula is C21H20ClN3O2S2. The molecule has 0 radical (unpaired) electrons. The lowest BCUT2D eigenvalue weighted by atomic mass is 10.2. The molecule has 1 aliphatic heterocycles. The number of halogens is 1. The van der Waals surface area contributed by atoms with E-state index in [0.717, 1.165) is 40.1 Å². The molecule has 3 heterocycles. The molecule has 0 aliphatic carbocycles. The number of fused-ring (bicyclic) bond motifs is 1. The van der Waals surface area contributed by atoms with Crippen LogP contribution >= 0.6 is 34.7 Å². The molecule has 0 bridgehead atoms. The Morgan fingerprint density at radius 1 is 1.21 bits per heavy atom. The second-order valence-corrected chi connectivity index (χ2v) is 9.88. The molecular weight excluding hydrogens is 426 g/mol. The van der Waals surface area contributed by atoms with Gasteiger partial charge in [-0.2, -0.15) is 0 Å². The van der Waals surface area contributed by atoms with E-state index in [0.29, 0.717) is 17.1 Å². The average Bonchev–Trinajstić information content (AvgIpc) is 2.89. The molecule has 1 aliphatic rings. The predicted octanol–water partition coefficient (Wildman–Crippen LogP) is 5.28. The van der Waals surface area contributed by atoms with E-state index >= 15 is 0 Å². The fourth-order valence-corrected chi connectivity index (χ4v) is 5.89. The molecule has 2 aromatic heterocycles. The normalized spacial score (nSPS) is 17.6. The summed E-state index contributed by atoms with van der Waals surface area (Å²) >= 11 is 9.02. The zero-order chi connectivity index (χ0) is 20.5. The second kappa shape index (κ2) is 8.42. The molecule has 1 fully saturated rings. The maximum Gasteiger partial charge on any atom is 0.260 e. The number of carbonyl (C=O) groups excluding carboxylic acids is 2. The highest BCUT2D eigenvalue weighted by Gasteiger charge is 2.33. The number of hydrogen-bond acceptors (Lipinski definition) is 6. The zero-order valence-electron chi connectivity index (χ0n) is 16.1. The van der Waals surface area contributed by atoms with E-state index in [1.165, 1.54) is 21.5 Å². The number of carbonyl (C=O) groups is 2. The van der Waals surface area contributed by atoms with Gasteiger partial charge in [-0.25, -0.2) is 9.97 Å². The molecule has 29 heavy (non-hydrogen) atoms. The van der Waals surface area contributed by atoms with Gasteiger partial charge >= 0.3 is 0 Å². The minimum atomic E-state index is -0.341. The maximum absolute atomic E-state index is 13.3. The van der Waals surface area contributed by atoms with E-state index in [1.807, 2.05) is 0 Å². The number of imide groups is 1. The van der Waals surface area contributed by atoms with E-state index < -0.39 is 0 Å². The number of likely N-dealkylation sites (tertiary alicyclic amines) is 1. The van der Waals surface area contributed by atoms with E-state index in [4.69, 9.17) is 11.6 Å². The van der Waals surface area contributed by atoms with Gasteiger partial charge in [-0.3, -0.25) is 14.5 Å². The molecule has 2 amide bonds. The lowest BCUT2D eigenvalue weighted by Crippen LogP contribution is -2.41. The Morgan fingerprint density at radius 2 is 1.97 bits per heavy atom. The van der Waals surface area contributed by atoms with Crippen LogP contribution in [0.15, 0.2) is 35.6 Å². The first-order valence-corrected chi connectivity index (χ1v) is 11.5. The third-order valence-electron chi connectivity index (χ3n) is 5.16. The van der Waals surface area contributed by atoms with Gasteiger partial charge in [0.1, 0.15) is 16.2 Å². The lowest BCUT2D eigenvalue weighted by molar-refractivity contribution is -0.127. The molecule has 0 unspecified atom stereocenters. The summed E-state index contributed by atoms with van der Waals surface area (Å²) < 4.78 is 0. The zero-order valence-corrected chi connectivity index (χ0v) is 18.5. The maximum atomic E-state index is 13.3. The Bertz CT molecular complexity index is 1080. The number of amides is 2. The van der Waals surface area contributed by atoms with Gasteiger partial charge in [0.15, 0.2) is 0 Å². The molecule has 0 N–H and O–H groups in total. The Labute approximate surface area is 182 Å². The number of aryl methyl sites for hydroxylation is 2. The SMILES string of the molecule is Cc1sc2ncnc(S[C@@H]3CCCCN(C(=O)c4ccc(Cl)cc4)C3=O)c2c1C. The molecule has 5 nitrogen and oxygen atoms in total. The summed E-state index contributed by atoms with van der Waals surface area (Å²) in [6, 6.07) is 6.66. The van der Waals surface area contributed by atoms with Crippen molar-refractivity contribution in [2.24, 2.45) is 0 Å². The Morgan fingerprint density at radius 3 is 2.72 bits per heavy atom. The van der Waals surface area contributed by atoms with Gasteiger partial charge in [0.25, 0.3) is 5.91 Å². The van der Waals surface area contributed by atoms with Crippen molar-refractivity contribution in [2.75, 3.05) is 6.54 Å². The Hall–Kier alpha value is -1.96. The van der Waals surface area contributed by atoms with Crippen LogP contribution < -0.4 is 0 Å². The minimum Gasteiger partial charge on any atom is -0.278 e. The number of rotatable bonds is 3. The first-order valence-electron chi connectivity index (χ1n) is 9.44. The van der Waals surface area contributed by atoms with Gasteiger partial charge in [0, 0.05) is 27.4 Å². The Balaban J connectivity index is 1.62. The van der Waals surface area contributed by atoms with Gasteiger partial charge in [-0.15, -0.1) is 11.3 Å². The van der Waals surface area contributed by atoms with Crippen molar-refractivity contribution >= 4 is 56.7 Å². The van der Waals surface area contributed by atoms with Crippen LogP contribution in [0.3, 0.4) is 0 Å². The molecule has 1 aromatic carbocycles. The van der Waals surface area contributed by atoms with Crippen LogP contribution in [0.1, 0.15) is 40.1 Å². The van der Waals surface area contributed by atoms with Crippen LogP contribution in [0, 0.1) is 13.8 Å². The smallest absolute Gasteiger partial charge is 0.260 e. The number of benzene rings is 1. The average molecular weight is 446 g/mol. The molecule has 4 rings (SSSR count). The van der Waals surface area contributed by atoms with Crippen molar-refractivity contribution in [1.29, 1.82) is 0 Å². The summed E-state index contributed by atoms with van der Waals surface area (Å²) in [5.74, 6) is -0.418. The van der Waals surface area contributed by atoms with Gasteiger partial charge in [-0.1, -0.05) is 29.8 Å². The summed E-state index contributed by atoms with van der Waals surface area (Å²) in [6.45, 7) is 4.57. The van der Waals surface area contributed by atoms with Crippen LogP contribution in [-0.4, -0.2) is 38.5 Å². The van der Waals surface area contributed by atoms with Crippen molar-refractivity contribution < 1.29 is 9.59 Å². The molecule has 0 spiro atoms. The van der Waals surface area contributed by atoms with Gasteiger partial charge < -0.3 is 0 Å². The quantitative estimate of drug-likeness (QED) is 0.405. The van der Waals surface area contributed by atoms with Gasteiger partial charge in [-0.05, 0) is 56.5 Å². The summed E-state index contributed by atoms with van der Waals surface area (Å²) in [7, 11) is 0. The first kappa shape index (κ1) is 20.3. The number of aromatic nitrogens is 2.